The van der Waals surface area contributed by atoms with Crippen molar-refractivity contribution in [1.29, 1.82) is 0 Å². The number of piperidine rings is 1. The summed E-state index contributed by atoms with van der Waals surface area (Å²) in [6.45, 7) is 5.87. The van der Waals surface area contributed by atoms with Crippen molar-refractivity contribution in [2.45, 2.75) is 45.1 Å². The fourth-order valence-corrected chi connectivity index (χ4v) is 5.18. The van der Waals surface area contributed by atoms with Crippen LogP contribution in [-0.2, 0) is 0 Å². The van der Waals surface area contributed by atoms with E-state index in [9.17, 15) is 9.59 Å². The molecule has 4 rings (SSSR count). The zero-order valence-corrected chi connectivity index (χ0v) is 18.5. The van der Waals surface area contributed by atoms with Crippen LogP contribution in [0.15, 0.2) is 47.3 Å². The van der Waals surface area contributed by atoms with Crippen molar-refractivity contribution in [3.8, 4) is 0 Å². The highest BCUT2D eigenvalue weighted by atomic mass is 16.2. The summed E-state index contributed by atoms with van der Waals surface area (Å²) in [6, 6.07) is 13.7. The molecule has 1 aromatic heterocycles. The second-order valence-corrected chi connectivity index (χ2v) is 9.55. The lowest BCUT2D eigenvalue weighted by atomic mass is 9.76. The Morgan fingerprint density at radius 1 is 1.13 bits per heavy atom. The third-order valence-corrected chi connectivity index (χ3v) is 6.73. The molecule has 0 unspecified atom stereocenters. The number of pyridine rings is 1. The average Bonchev–Trinajstić information content (AvgIpc) is 2.73. The molecule has 0 aliphatic carbocycles. The summed E-state index contributed by atoms with van der Waals surface area (Å²) in [5, 5.41) is 0. The fraction of sp³-hybridized carbons (Fsp3) is 0.520. The number of carbonyl (C=O) groups excluding carboxylic acids is 1. The van der Waals surface area contributed by atoms with Gasteiger partial charge < -0.3 is 14.4 Å². The van der Waals surface area contributed by atoms with Gasteiger partial charge >= 0.3 is 0 Å². The number of amides is 1. The monoisotopic (exact) mass is 407 g/mol. The summed E-state index contributed by atoms with van der Waals surface area (Å²) in [4.78, 5) is 30.2. The van der Waals surface area contributed by atoms with Crippen LogP contribution in [0.25, 0.3) is 0 Å². The summed E-state index contributed by atoms with van der Waals surface area (Å²) >= 11 is 0. The third-order valence-electron chi connectivity index (χ3n) is 6.73. The van der Waals surface area contributed by atoms with Crippen molar-refractivity contribution < 1.29 is 4.79 Å². The van der Waals surface area contributed by atoms with Gasteiger partial charge in [-0.05, 0) is 55.4 Å². The van der Waals surface area contributed by atoms with Crippen molar-refractivity contribution in [2.75, 3.05) is 32.1 Å². The number of nitrogens with zero attached hydrogens (tertiary/aromatic N) is 3. The van der Waals surface area contributed by atoms with Gasteiger partial charge in [-0.2, -0.15) is 0 Å². The molecular formula is C25H33N3O2. The van der Waals surface area contributed by atoms with Gasteiger partial charge in [-0.15, -0.1) is 0 Å². The largest absolute Gasteiger partial charge is 0.378 e. The van der Waals surface area contributed by atoms with Crippen LogP contribution in [0.4, 0.5) is 5.69 Å². The predicted octanol–water partition coefficient (Wildman–Crippen LogP) is 4.15. The number of fused-ring (bicyclic) bond motifs is 4. The number of aromatic nitrogens is 1. The first-order valence-corrected chi connectivity index (χ1v) is 11.1. The molecule has 2 aliphatic heterocycles. The quantitative estimate of drug-likeness (QED) is 0.748. The molecule has 160 valence electrons. The number of benzene rings is 1. The van der Waals surface area contributed by atoms with Gasteiger partial charge in [0.25, 0.3) is 11.5 Å². The van der Waals surface area contributed by atoms with Crippen LogP contribution in [0.3, 0.4) is 0 Å². The van der Waals surface area contributed by atoms with Crippen LogP contribution in [0, 0.1) is 11.8 Å². The second-order valence-electron chi connectivity index (χ2n) is 9.55. The molecule has 0 N–H and O–H groups in total. The minimum Gasteiger partial charge on any atom is -0.378 e. The lowest BCUT2D eigenvalue weighted by Gasteiger charge is -2.47. The van der Waals surface area contributed by atoms with Gasteiger partial charge in [-0.3, -0.25) is 9.59 Å². The molecule has 1 aromatic carbocycles. The normalized spacial score (nSPS) is 22.7. The van der Waals surface area contributed by atoms with E-state index >= 15 is 0 Å². The maximum absolute atomic E-state index is 13.4. The molecular weight excluding hydrogens is 374 g/mol. The van der Waals surface area contributed by atoms with Gasteiger partial charge in [0.2, 0.25) is 0 Å². The number of hydrogen-bond donors (Lipinski definition) is 0. The molecule has 1 amide bonds. The number of hydrogen-bond acceptors (Lipinski definition) is 3. The molecule has 1 saturated heterocycles. The molecule has 2 aromatic rings. The van der Waals surface area contributed by atoms with Gasteiger partial charge in [0.1, 0.15) is 0 Å². The highest BCUT2D eigenvalue weighted by Gasteiger charge is 2.41. The summed E-state index contributed by atoms with van der Waals surface area (Å²) in [7, 11) is 3.98. The molecule has 0 saturated carbocycles. The summed E-state index contributed by atoms with van der Waals surface area (Å²) in [6.07, 6.45) is 3.14. The van der Waals surface area contributed by atoms with E-state index in [4.69, 9.17) is 0 Å². The lowest BCUT2D eigenvalue weighted by Crippen LogP contribution is -2.51. The first-order chi connectivity index (χ1) is 14.3. The summed E-state index contributed by atoms with van der Waals surface area (Å²) < 4.78 is 2.05. The second kappa shape index (κ2) is 8.29. The van der Waals surface area contributed by atoms with Gasteiger partial charge in [0.05, 0.1) is 0 Å². The zero-order chi connectivity index (χ0) is 21.4. The van der Waals surface area contributed by atoms with E-state index in [-0.39, 0.29) is 23.4 Å². The highest BCUT2D eigenvalue weighted by Crippen LogP contribution is 2.43. The lowest BCUT2D eigenvalue weighted by molar-refractivity contribution is 0.0513. The highest BCUT2D eigenvalue weighted by molar-refractivity contribution is 5.95. The van der Waals surface area contributed by atoms with Gasteiger partial charge in [-0.1, -0.05) is 26.0 Å². The first-order valence-electron chi connectivity index (χ1n) is 11.1. The number of likely N-dealkylation sites (tertiary alicyclic amines) is 1. The molecule has 1 fully saturated rings. The minimum atomic E-state index is 0.0998. The Morgan fingerprint density at radius 2 is 1.90 bits per heavy atom. The van der Waals surface area contributed by atoms with Crippen molar-refractivity contribution in [2.24, 2.45) is 11.8 Å². The third kappa shape index (κ3) is 3.90. The summed E-state index contributed by atoms with van der Waals surface area (Å²) in [5.41, 5.74) is 2.98. The maximum Gasteiger partial charge on any atom is 0.253 e. The molecule has 0 spiro atoms. The molecule has 0 radical (unpaired) electrons. The van der Waals surface area contributed by atoms with E-state index in [0.29, 0.717) is 18.4 Å². The Kier molecular flexibility index (Phi) is 5.72. The standard InChI is InChI=1S/C25H33N3O2/c1-17(2)11-12-23-20-13-19(22-9-6-10-24(29)28(22)23)15-27(16-20)25(30)18-7-5-8-21(14-18)26(3)4/h5-10,14,17,19-20,23H,11-13,15-16H2,1-4H3/t19-,20+,23+/m1/s1. The van der Waals surface area contributed by atoms with E-state index < -0.39 is 0 Å². The molecule has 2 bridgehead atoms. The van der Waals surface area contributed by atoms with Crippen LogP contribution in [0.5, 0.6) is 0 Å². The van der Waals surface area contributed by atoms with Crippen molar-refractivity contribution in [3.05, 3.63) is 64.1 Å². The van der Waals surface area contributed by atoms with Crippen LogP contribution in [-0.4, -0.2) is 42.6 Å². The van der Waals surface area contributed by atoms with Gasteiger partial charge in [0, 0.05) is 62.2 Å². The Labute approximate surface area is 179 Å². The van der Waals surface area contributed by atoms with Crippen LogP contribution in [0.2, 0.25) is 0 Å². The van der Waals surface area contributed by atoms with Crippen LogP contribution >= 0.6 is 0 Å². The Hall–Kier alpha value is -2.56. The Balaban J connectivity index is 1.65. The number of anilines is 1. The van der Waals surface area contributed by atoms with Crippen LogP contribution in [0.1, 0.15) is 61.1 Å². The molecule has 2 aliphatic rings. The Bertz CT molecular complexity index is 978. The Morgan fingerprint density at radius 3 is 2.63 bits per heavy atom. The fourth-order valence-electron chi connectivity index (χ4n) is 5.18. The summed E-state index contributed by atoms with van der Waals surface area (Å²) in [5.74, 6) is 1.26. The first kappa shape index (κ1) is 20.7. The van der Waals surface area contributed by atoms with Gasteiger partial charge in [-0.25, -0.2) is 0 Å². The van der Waals surface area contributed by atoms with Crippen LogP contribution < -0.4 is 10.5 Å². The SMILES string of the molecule is CC(C)CC[C@H]1[C@H]2C[C@H](CN(C(=O)c3cccc(N(C)C)c3)C2)c2cccc(=O)n21. The zero-order valence-electron chi connectivity index (χ0n) is 18.5. The smallest absolute Gasteiger partial charge is 0.253 e. The predicted molar refractivity (Wildman–Crippen MR) is 121 cm³/mol. The maximum atomic E-state index is 13.4. The van der Waals surface area contributed by atoms with E-state index in [2.05, 4.69) is 24.5 Å². The van der Waals surface area contributed by atoms with E-state index in [0.717, 1.165) is 42.8 Å². The average molecular weight is 408 g/mol. The molecule has 5 heteroatoms. The number of rotatable bonds is 5. The molecule has 3 heterocycles. The number of carbonyl (C=O) groups is 1. The van der Waals surface area contributed by atoms with E-state index in [1.54, 1.807) is 6.07 Å². The molecule has 30 heavy (non-hydrogen) atoms. The minimum absolute atomic E-state index is 0.0998. The van der Waals surface area contributed by atoms with Gasteiger partial charge in [0.15, 0.2) is 0 Å². The van der Waals surface area contributed by atoms with E-state index in [1.165, 1.54) is 0 Å². The topological polar surface area (TPSA) is 45.6 Å². The van der Waals surface area contributed by atoms with E-state index in [1.807, 2.05) is 54.2 Å². The molecule has 5 nitrogen and oxygen atoms in total. The van der Waals surface area contributed by atoms with Crippen molar-refractivity contribution in [3.63, 3.8) is 0 Å². The molecule has 3 atom stereocenters. The van der Waals surface area contributed by atoms with Crippen molar-refractivity contribution in [1.82, 2.24) is 9.47 Å². The van der Waals surface area contributed by atoms with Crippen molar-refractivity contribution >= 4 is 11.6 Å².